The molecular weight excluding hydrogens is 548 g/mol. The molecule has 0 bridgehead atoms. The number of allylic oxidation sites excluding steroid dienone is 4. The molecule has 2 aliphatic carbocycles. The van der Waals surface area contributed by atoms with Gasteiger partial charge in [-0.2, -0.15) is 41.0 Å². The number of benzene rings is 3. The van der Waals surface area contributed by atoms with E-state index in [1.165, 1.54) is 72.0 Å². The Bertz CT molecular complexity index is 1290. The van der Waals surface area contributed by atoms with Gasteiger partial charge in [-0.05, 0) is 17.4 Å². The molecule has 3 aromatic carbocycles. The molecule has 0 heterocycles. The Morgan fingerprint density at radius 2 is 1.36 bits per heavy atom. The molecule has 0 nitrogen and oxygen atoms in total. The van der Waals surface area contributed by atoms with E-state index in [2.05, 4.69) is 148 Å². The molecule has 5 rings (SSSR count). The minimum absolute atomic E-state index is 0.177. The standard InChI is InChI=1S/C21H25.C9H13.C8H8.Zr/c1-20(2,3)16-9-7-14-11-15-8-10-17(21(4,5)6)13-19(15)18(14)12-16;1-9(2,3)8-6-4-5-7-8;1-2-8-6-4-3-5-7-8;/h7,9-10,12-13H,11H2,1-6H3;6-7H,4H2,1-3H3;3-7H,1H3;/q2*-1;;+2. The van der Waals surface area contributed by atoms with Gasteiger partial charge in [0.15, 0.2) is 0 Å². The zero-order chi connectivity index (χ0) is 29.0. The Balaban J connectivity index is 0.000000192. The van der Waals surface area contributed by atoms with Crippen molar-refractivity contribution in [3.8, 4) is 11.1 Å². The first-order chi connectivity index (χ1) is 18.1. The van der Waals surface area contributed by atoms with E-state index in [9.17, 15) is 0 Å². The first kappa shape index (κ1) is 31.4. The molecule has 0 aliphatic heterocycles. The van der Waals surface area contributed by atoms with Crippen LogP contribution in [0.5, 0.6) is 0 Å². The van der Waals surface area contributed by atoms with Gasteiger partial charge >= 0.3 is 70.3 Å². The fourth-order valence-corrected chi connectivity index (χ4v) is 5.00. The first-order valence-corrected chi connectivity index (χ1v) is 15.4. The summed E-state index contributed by atoms with van der Waals surface area (Å²) in [6.45, 7) is 22.5. The molecular formula is C38H46Zr. The van der Waals surface area contributed by atoms with Crippen LogP contribution in [0.1, 0.15) is 103 Å². The molecule has 0 unspecified atom stereocenters. The van der Waals surface area contributed by atoms with E-state index >= 15 is 0 Å². The van der Waals surface area contributed by atoms with Gasteiger partial charge in [0.25, 0.3) is 0 Å². The summed E-state index contributed by atoms with van der Waals surface area (Å²) < 4.78 is 1.46. The quantitative estimate of drug-likeness (QED) is 0.193. The van der Waals surface area contributed by atoms with Crippen LogP contribution in [0, 0.1) is 17.6 Å². The summed E-state index contributed by atoms with van der Waals surface area (Å²) in [7, 11) is 0. The first-order valence-electron chi connectivity index (χ1n) is 14.1. The molecule has 3 aromatic rings. The van der Waals surface area contributed by atoms with Crippen molar-refractivity contribution in [2.24, 2.45) is 5.41 Å². The molecule has 0 aromatic heterocycles. The van der Waals surface area contributed by atoms with Crippen molar-refractivity contribution in [1.82, 2.24) is 0 Å². The molecule has 2 aliphatic rings. The van der Waals surface area contributed by atoms with Gasteiger partial charge in [-0.15, -0.1) is 12.0 Å². The average molecular weight is 594 g/mol. The summed E-state index contributed by atoms with van der Waals surface area (Å²) in [6, 6.07) is 25.5. The Kier molecular flexibility index (Phi) is 10.2. The van der Waals surface area contributed by atoms with Crippen molar-refractivity contribution in [2.45, 2.75) is 92.9 Å². The van der Waals surface area contributed by atoms with Crippen LogP contribution in [0.25, 0.3) is 11.1 Å². The fourth-order valence-electron chi connectivity index (χ4n) is 4.59. The van der Waals surface area contributed by atoms with Gasteiger partial charge in [0.1, 0.15) is 0 Å². The second-order valence-corrected chi connectivity index (χ2v) is 15.6. The molecule has 0 saturated heterocycles. The summed E-state index contributed by atoms with van der Waals surface area (Å²) in [6.07, 6.45) is 9.53. The van der Waals surface area contributed by atoms with Crippen molar-refractivity contribution < 1.29 is 24.2 Å². The Morgan fingerprint density at radius 3 is 1.82 bits per heavy atom. The molecule has 39 heavy (non-hydrogen) atoms. The van der Waals surface area contributed by atoms with Crippen molar-refractivity contribution in [3.05, 3.63) is 118 Å². The molecule has 0 N–H and O–H groups in total. The second kappa shape index (κ2) is 12.6. The summed E-state index contributed by atoms with van der Waals surface area (Å²) in [4.78, 5) is 0. The zero-order valence-corrected chi connectivity index (χ0v) is 28.3. The van der Waals surface area contributed by atoms with Crippen LogP contribution < -0.4 is 0 Å². The van der Waals surface area contributed by atoms with Crippen molar-refractivity contribution in [2.75, 3.05) is 0 Å². The normalized spacial score (nSPS) is 13.9. The number of hydrogen-bond donors (Lipinski definition) is 0. The van der Waals surface area contributed by atoms with Crippen molar-refractivity contribution in [3.63, 3.8) is 0 Å². The molecule has 1 heteroatoms. The number of fused-ring (bicyclic) bond motifs is 3. The summed E-state index contributed by atoms with van der Waals surface area (Å²) in [5.74, 6) is 0. The predicted molar refractivity (Wildman–Crippen MR) is 167 cm³/mol. The van der Waals surface area contributed by atoms with E-state index in [4.69, 9.17) is 0 Å². The average Bonchev–Trinajstić information content (AvgIpc) is 3.52. The van der Waals surface area contributed by atoms with Gasteiger partial charge in [-0.3, -0.25) is 6.08 Å². The van der Waals surface area contributed by atoms with Gasteiger partial charge in [-0.1, -0.05) is 102 Å². The van der Waals surface area contributed by atoms with E-state index in [1.54, 1.807) is 0 Å². The van der Waals surface area contributed by atoms with Gasteiger partial charge < -0.3 is 0 Å². The van der Waals surface area contributed by atoms with Crippen LogP contribution in [-0.4, -0.2) is 3.21 Å². The van der Waals surface area contributed by atoms with E-state index < -0.39 is 0 Å². The SMILES string of the molecule is CC(C)(C)C1=CC[C-]=C1.CC(C)(C)c1c[c-]c2c(c1)-c1cc(C(C)(C)C)ccc1C2.C[C](=[Zr+2])c1ccccc1. The maximum absolute atomic E-state index is 3.53. The summed E-state index contributed by atoms with van der Waals surface area (Å²) in [5, 5.41) is 0. The number of rotatable bonds is 1. The van der Waals surface area contributed by atoms with Crippen molar-refractivity contribution >= 4 is 3.21 Å². The molecule has 0 amide bonds. The monoisotopic (exact) mass is 592 g/mol. The Hall–Kier alpha value is -2.11. The second-order valence-electron chi connectivity index (χ2n) is 13.8. The van der Waals surface area contributed by atoms with Crippen LogP contribution in [0.4, 0.5) is 0 Å². The Morgan fingerprint density at radius 1 is 0.744 bits per heavy atom. The van der Waals surface area contributed by atoms with Gasteiger partial charge in [0.2, 0.25) is 0 Å². The third-order valence-corrected chi connectivity index (χ3v) is 8.01. The third kappa shape index (κ3) is 8.69. The van der Waals surface area contributed by atoms with Crippen LogP contribution in [0.3, 0.4) is 0 Å². The summed E-state index contributed by atoms with van der Waals surface area (Å²) in [5.41, 5.74) is 11.9. The topological polar surface area (TPSA) is 0 Å². The molecule has 0 saturated carbocycles. The van der Waals surface area contributed by atoms with E-state index in [-0.39, 0.29) is 10.8 Å². The van der Waals surface area contributed by atoms with Crippen molar-refractivity contribution in [1.29, 1.82) is 0 Å². The van der Waals surface area contributed by atoms with Crippen LogP contribution in [0.15, 0.2) is 78.4 Å². The van der Waals surface area contributed by atoms with Crippen LogP contribution in [-0.2, 0) is 41.5 Å². The summed E-state index contributed by atoms with van der Waals surface area (Å²) >= 11 is 1.51. The van der Waals surface area contributed by atoms with Crippen LogP contribution >= 0.6 is 0 Å². The maximum atomic E-state index is 3.53. The van der Waals surface area contributed by atoms with E-state index in [1.807, 2.05) is 6.07 Å². The molecule has 0 radical (unpaired) electrons. The molecule has 0 fully saturated rings. The minimum atomic E-state index is 0.177. The van der Waals surface area contributed by atoms with E-state index in [0.29, 0.717) is 5.41 Å². The van der Waals surface area contributed by atoms with E-state index in [0.717, 1.165) is 12.8 Å². The zero-order valence-electron chi connectivity index (χ0n) is 25.8. The third-order valence-electron chi connectivity index (χ3n) is 7.30. The van der Waals surface area contributed by atoms with Crippen LogP contribution in [0.2, 0.25) is 0 Å². The van der Waals surface area contributed by atoms with Gasteiger partial charge in [-0.25, -0.2) is 6.08 Å². The molecule has 0 spiro atoms. The fraction of sp³-hybridized carbons (Fsp3) is 0.395. The number of hydrogen-bond acceptors (Lipinski definition) is 0. The molecule has 202 valence electrons. The van der Waals surface area contributed by atoms with Gasteiger partial charge in [0, 0.05) is 0 Å². The molecule has 0 atom stereocenters. The predicted octanol–water partition coefficient (Wildman–Crippen LogP) is 10.1. The Labute approximate surface area is 254 Å². The van der Waals surface area contributed by atoms with Gasteiger partial charge in [0.05, 0.1) is 0 Å².